The van der Waals surface area contributed by atoms with Crippen molar-refractivity contribution in [2.45, 2.75) is 31.7 Å². The maximum Gasteiger partial charge on any atom is 0.423 e. The van der Waals surface area contributed by atoms with Crippen molar-refractivity contribution in [2.75, 3.05) is 14.1 Å². The monoisotopic (exact) mass is 208 g/mol. The van der Waals surface area contributed by atoms with E-state index in [1.807, 2.05) is 0 Å². The SMILES string of the molecule is CCCCC(Cl)OC(=O)NN(C)C. The van der Waals surface area contributed by atoms with Gasteiger partial charge in [-0.3, -0.25) is 5.43 Å². The lowest BCUT2D eigenvalue weighted by atomic mass is 10.3. The second kappa shape index (κ2) is 6.97. The summed E-state index contributed by atoms with van der Waals surface area (Å²) in [7, 11) is 3.41. The molecule has 5 heteroatoms. The second-order valence-electron chi connectivity index (χ2n) is 2.96. The standard InChI is InChI=1S/C8H17ClN2O2/c1-4-5-6-7(9)13-8(12)10-11(2)3/h7H,4-6H2,1-3H3,(H,10,12). The lowest BCUT2D eigenvalue weighted by Gasteiger charge is -2.14. The van der Waals surface area contributed by atoms with E-state index < -0.39 is 11.7 Å². The summed E-state index contributed by atoms with van der Waals surface area (Å²) in [6.45, 7) is 2.06. The summed E-state index contributed by atoms with van der Waals surface area (Å²) in [6.07, 6.45) is 2.19. The van der Waals surface area contributed by atoms with Crippen molar-refractivity contribution in [3.05, 3.63) is 0 Å². The van der Waals surface area contributed by atoms with Gasteiger partial charge in [0.2, 0.25) is 0 Å². The van der Waals surface area contributed by atoms with Gasteiger partial charge in [0.05, 0.1) is 0 Å². The van der Waals surface area contributed by atoms with Crippen LogP contribution in [0.2, 0.25) is 0 Å². The zero-order valence-electron chi connectivity index (χ0n) is 8.34. The molecule has 1 unspecified atom stereocenters. The minimum atomic E-state index is -0.528. The third kappa shape index (κ3) is 7.87. The number of ether oxygens (including phenoxy) is 1. The molecule has 0 aromatic carbocycles. The van der Waals surface area contributed by atoms with E-state index in [4.69, 9.17) is 16.3 Å². The lowest BCUT2D eigenvalue weighted by molar-refractivity contribution is 0.107. The number of rotatable bonds is 5. The number of unbranched alkanes of at least 4 members (excludes halogenated alkanes) is 1. The van der Waals surface area contributed by atoms with Crippen LogP contribution in [-0.4, -0.2) is 30.8 Å². The zero-order valence-corrected chi connectivity index (χ0v) is 9.10. The molecule has 4 nitrogen and oxygen atoms in total. The molecule has 1 amide bonds. The molecule has 0 rings (SSSR count). The summed E-state index contributed by atoms with van der Waals surface area (Å²) < 4.78 is 4.84. The molecule has 0 aliphatic heterocycles. The van der Waals surface area contributed by atoms with Crippen molar-refractivity contribution in [3.8, 4) is 0 Å². The van der Waals surface area contributed by atoms with Crippen LogP contribution >= 0.6 is 11.6 Å². The Bertz CT molecular complexity index is 153. The predicted octanol–water partition coefficient (Wildman–Crippen LogP) is 1.94. The molecule has 0 aliphatic rings. The first-order chi connectivity index (χ1) is 6.06. The smallest absolute Gasteiger partial charge is 0.423 e. The van der Waals surface area contributed by atoms with Crippen LogP contribution in [0.3, 0.4) is 0 Å². The van der Waals surface area contributed by atoms with Gasteiger partial charge in [0.25, 0.3) is 0 Å². The number of carbonyl (C=O) groups is 1. The Morgan fingerprint density at radius 1 is 1.62 bits per heavy atom. The van der Waals surface area contributed by atoms with Crippen LogP contribution in [0, 0.1) is 0 Å². The van der Waals surface area contributed by atoms with Crippen LogP contribution in [0.25, 0.3) is 0 Å². The highest BCUT2D eigenvalue weighted by Gasteiger charge is 2.10. The molecule has 0 radical (unpaired) electrons. The Hall–Kier alpha value is -0.480. The van der Waals surface area contributed by atoms with E-state index in [-0.39, 0.29) is 0 Å². The number of alkyl halides is 1. The Morgan fingerprint density at radius 3 is 2.69 bits per heavy atom. The van der Waals surface area contributed by atoms with Gasteiger partial charge in [-0.15, -0.1) is 0 Å². The van der Waals surface area contributed by atoms with E-state index >= 15 is 0 Å². The minimum absolute atomic E-state index is 0.513. The maximum absolute atomic E-state index is 11.0. The summed E-state index contributed by atoms with van der Waals surface area (Å²) in [6, 6.07) is 0. The minimum Gasteiger partial charge on any atom is -0.429 e. The van der Waals surface area contributed by atoms with Gasteiger partial charge >= 0.3 is 6.09 Å². The molecule has 1 N–H and O–H groups in total. The molecule has 13 heavy (non-hydrogen) atoms. The fourth-order valence-electron chi connectivity index (χ4n) is 0.749. The number of nitrogens with one attached hydrogen (secondary N) is 1. The van der Waals surface area contributed by atoms with Gasteiger partial charge in [-0.2, -0.15) is 0 Å². The Labute approximate surface area is 84.2 Å². The van der Waals surface area contributed by atoms with Crippen molar-refractivity contribution in [3.63, 3.8) is 0 Å². The highest BCUT2D eigenvalue weighted by molar-refractivity contribution is 6.20. The highest BCUT2D eigenvalue weighted by Crippen LogP contribution is 2.08. The van der Waals surface area contributed by atoms with Gasteiger partial charge in [-0.1, -0.05) is 24.9 Å². The van der Waals surface area contributed by atoms with Gasteiger partial charge < -0.3 is 4.74 Å². The molecule has 0 heterocycles. The quantitative estimate of drug-likeness (QED) is 0.555. The molecule has 0 saturated carbocycles. The van der Waals surface area contributed by atoms with Gasteiger partial charge in [0.1, 0.15) is 0 Å². The maximum atomic E-state index is 11.0. The molecule has 1 atom stereocenters. The highest BCUT2D eigenvalue weighted by atomic mass is 35.5. The average Bonchev–Trinajstić information content (AvgIpc) is 1.98. The fraction of sp³-hybridized carbons (Fsp3) is 0.875. The predicted molar refractivity (Wildman–Crippen MR) is 52.5 cm³/mol. The van der Waals surface area contributed by atoms with E-state index in [2.05, 4.69) is 12.3 Å². The van der Waals surface area contributed by atoms with Crippen molar-refractivity contribution in [2.24, 2.45) is 0 Å². The molecular weight excluding hydrogens is 192 g/mol. The first-order valence-corrected chi connectivity index (χ1v) is 4.78. The van der Waals surface area contributed by atoms with Gasteiger partial charge in [0, 0.05) is 14.1 Å². The van der Waals surface area contributed by atoms with Crippen molar-refractivity contribution in [1.82, 2.24) is 10.4 Å². The zero-order chi connectivity index (χ0) is 10.3. The van der Waals surface area contributed by atoms with Crippen LogP contribution in [0.4, 0.5) is 4.79 Å². The van der Waals surface area contributed by atoms with Crippen molar-refractivity contribution >= 4 is 17.7 Å². The van der Waals surface area contributed by atoms with Gasteiger partial charge in [-0.05, 0) is 12.8 Å². The topological polar surface area (TPSA) is 41.6 Å². The van der Waals surface area contributed by atoms with E-state index in [9.17, 15) is 4.79 Å². The summed E-state index contributed by atoms with van der Waals surface area (Å²) in [5, 5.41) is 1.51. The molecule has 0 aromatic rings. The molecule has 78 valence electrons. The van der Waals surface area contributed by atoms with Crippen molar-refractivity contribution < 1.29 is 9.53 Å². The van der Waals surface area contributed by atoms with Gasteiger partial charge in [0.15, 0.2) is 5.56 Å². The average molecular weight is 209 g/mol. The van der Waals surface area contributed by atoms with E-state index in [0.29, 0.717) is 6.42 Å². The first-order valence-electron chi connectivity index (χ1n) is 4.35. The molecule has 0 bridgehead atoms. The van der Waals surface area contributed by atoms with Crippen LogP contribution in [0.5, 0.6) is 0 Å². The normalized spacial score (nSPS) is 12.7. The largest absolute Gasteiger partial charge is 0.429 e. The Morgan fingerprint density at radius 2 is 2.23 bits per heavy atom. The van der Waals surface area contributed by atoms with Crippen LogP contribution in [-0.2, 0) is 4.74 Å². The molecular formula is C8H17ClN2O2. The van der Waals surface area contributed by atoms with E-state index in [1.54, 1.807) is 14.1 Å². The lowest BCUT2D eigenvalue weighted by Crippen LogP contribution is -2.37. The molecule has 0 spiro atoms. The molecule has 0 fully saturated rings. The number of carbonyl (C=O) groups excluding carboxylic acids is 1. The van der Waals surface area contributed by atoms with Crippen molar-refractivity contribution in [1.29, 1.82) is 0 Å². The number of halogens is 1. The number of amides is 1. The van der Waals surface area contributed by atoms with Crippen LogP contribution in [0.1, 0.15) is 26.2 Å². The third-order valence-corrected chi connectivity index (χ3v) is 1.64. The molecule has 0 saturated heterocycles. The third-order valence-electron chi connectivity index (χ3n) is 1.33. The van der Waals surface area contributed by atoms with Crippen LogP contribution < -0.4 is 5.43 Å². The summed E-state index contributed by atoms with van der Waals surface area (Å²) in [4.78, 5) is 11.0. The number of nitrogens with zero attached hydrogens (tertiary/aromatic N) is 1. The summed E-state index contributed by atoms with van der Waals surface area (Å²) in [5.74, 6) is 0. The fourth-order valence-corrected chi connectivity index (χ4v) is 0.984. The Kier molecular flexibility index (Phi) is 6.72. The Balaban J connectivity index is 3.53. The van der Waals surface area contributed by atoms with E-state index in [0.717, 1.165) is 12.8 Å². The molecule has 0 aromatic heterocycles. The summed E-state index contributed by atoms with van der Waals surface area (Å²) in [5.41, 5.74) is 1.91. The van der Waals surface area contributed by atoms with E-state index in [1.165, 1.54) is 5.01 Å². The summed E-state index contributed by atoms with van der Waals surface area (Å²) >= 11 is 5.74. The van der Waals surface area contributed by atoms with Gasteiger partial charge in [-0.25, -0.2) is 9.80 Å². The van der Waals surface area contributed by atoms with Crippen LogP contribution in [0.15, 0.2) is 0 Å². The number of hydrazine groups is 1. The number of hydrogen-bond donors (Lipinski definition) is 1. The molecule has 0 aliphatic carbocycles. The second-order valence-corrected chi connectivity index (χ2v) is 3.45. The first kappa shape index (κ1) is 12.5. The number of hydrogen-bond acceptors (Lipinski definition) is 3.